The highest BCUT2D eigenvalue weighted by atomic mass is 19.4. The Labute approximate surface area is 220 Å². The first kappa shape index (κ1) is 24.8. The van der Waals surface area contributed by atoms with Gasteiger partial charge in [0.25, 0.3) is 5.91 Å². The molecule has 1 saturated carbocycles. The van der Waals surface area contributed by atoms with Crippen molar-refractivity contribution in [2.24, 2.45) is 5.41 Å². The van der Waals surface area contributed by atoms with E-state index < -0.39 is 17.8 Å². The van der Waals surface area contributed by atoms with Gasteiger partial charge in [0.05, 0.1) is 34.7 Å². The van der Waals surface area contributed by atoms with E-state index in [9.17, 15) is 22.8 Å². The van der Waals surface area contributed by atoms with Crippen LogP contribution in [-0.4, -0.2) is 72.5 Å². The zero-order valence-corrected chi connectivity index (χ0v) is 20.8. The number of hydrogen-bond donors (Lipinski definition) is 1. The first-order valence-electron chi connectivity index (χ1n) is 12.2. The van der Waals surface area contributed by atoms with Crippen LogP contribution in [0.3, 0.4) is 0 Å². The highest BCUT2D eigenvalue weighted by molar-refractivity contribution is 6.01. The smallest absolute Gasteiger partial charge is 0.337 e. The SMILES string of the molecule is CN(C(=O)Nc1cncc(C(F)(F)F)c1)C1CC2(C1)CN(C(=O)c1cnn3cc(-c4cncnc4)ccc13)C2. The summed E-state index contributed by atoms with van der Waals surface area (Å²) in [5, 5.41) is 6.84. The van der Waals surface area contributed by atoms with Crippen molar-refractivity contribution in [2.75, 3.05) is 25.5 Å². The molecule has 1 aliphatic heterocycles. The predicted molar refractivity (Wildman–Crippen MR) is 134 cm³/mol. The number of nitrogens with one attached hydrogen (secondary N) is 1. The van der Waals surface area contributed by atoms with E-state index in [1.165, 1.54) is 17.4 Å². The quantitative estimate of drug-likeness (QED) is 0.423. The second kappa shape index (κ2) is 9.03. The second-order valence-electron chi connectivity index (χ2n) is 10.2. The lowest BCUT2D eigenvalue weighted by molar-refractivity contribution is -0.137. The summed E-state index contributed by atoms with van der Waals surface area (Å²) >= 11 is 0. The first-order chi connectivity index (χ1) is 18.6. The average Bonchev–Trinajstić information content (AvgIpc) is 3.30. The van der Waals surface area contributed by atoms with E-state index >= 15 is 0 Å². The summed E-state index contributed by atoms with van der Waals surface area (Å²) in [6.45, 7) is 1.15. The number of amides is 3. The van der Waals surface area contributed by atoms with Gasteiger partial charge in [-0.15, -0.1) is 0 Å². The Bertz CT molecular complexity index is 1560. The molecule has 1 saturated heterocycles. The number of carbonyl (C=O) groups excluding carboxylic acids is 2. The molecule has 4 aromatic rings. The lowest BCUT2D eigenvalue weighted by Crippen LogP contribution is -2.67. The molecule has 0 atom stereocenters. The molecule has 0 aromatic carbocycles. The summed E-state index contributed by atoms with van der Waals surface area (Å²) in [5.74, 6) is -0.0991. The maximum Gasteiger partial charge on any atom is 0.417 e. The van der Waals surface area contributed by atoms with Crippen LogP contribution in [0.2, 0.25) is 0 Å². The van der Waals surface area contributed by atoms with Gasteiger partial charge in [0.1, 0.15) is 6.33 Å². The molecule has 1 aliphatic carbocycles. The standard InChI is InChI=1S/C26H23F3N8O2/c1-35(24(39)34-19-4-18(9-30-10-19)26(27,28)29)20-5-25(6-20)13-36(14-25)23(38)21-11-33-37-12-16(2-3-22(21)37)17-7-31-15-32-8-17/h2-4,7-12,15,20H,5-6,13-14H2,1H3,(H,34,39). The number of hydrogen-bond acceptors (Lipinski definition) is 6. The predicted octanol–water partition coefficient (Wildman–Crippen LogP) is 3.97. The van der Waals surface area contributed by atoms with Crippen LogP contribution < -0.4 is 5.32 Å². The van der Waals surface area contributed by atoms with Crippen molar-refractivity contribution in [3.8, 4) is 11.1 Å². The average molecular weight is 537 g/mol. The van der Waals surface area contributed by atoms with Crippen molar-refractivity contribution in [2.45, 2.75) is 25.1 Å². The highest BCUT2D eigenvalue weighted by Crippen LogP contribution is 2.50. The van der Waals surface area contributed by atoms with Crippen LogP contribution in [0, 0.1) is 5.41 Å². The van der Waals surface area contributed by atoms with Crippen LogP contribution in [0.5, 0.6) is 0 Å². The van der Waals surface area contributed by atoms with Gasteiger partial charge in [-0.25, -0.2) is 19.3 Å². The monoisotopic (exact) mass is 536 g/mol. The molecule has 1 N–H and O–H groups in total. The normalized spacial score (nSPS) is 16.6. The molecule has 13 heteroatoms. The third-order valence-corrected chi connectivity index (χ3v) is 7.50. The molecule has 0 radical (unpaired) electrons. The number of likely N-dealkylation sites (tertiary alicyclic amines) is 1. The molecule has 2 aliphatic rings. The van der Waals surface area contributed by atoms with Crippen LogP contribution in [0.1, 0.15) is 28.8 Å². The molecular weight excluding hydrogens is 513 g/mol. The van der Waals surface area contributed by atoms with Crippen LogP contribution in [0.25, 0.3) is 16.6 Å². The number of urea groups is 1. The number of carbonyl (C=O) groups is 2. The summed E-state index contributed by atoms with van der Waals surface area (Å²) in [5.41, 5.74) is 1.94. The summed E-state index contributed by atoms with van der Waals surface area (Å²) < 4.78 is 40.4. The molecule has 2 fully saturated rings. The van der Waals surface area contributed by atoms with E-state index in [0.29, 0.717) is 43.2 Å². The van der Waals surface area contributed by atoms with Crippen molar-refractivity contribution in [1.82, 2.24) is 34.4 Å². The van der Waals surface area contributed by atoms with Crippen molar-refractivity contribution >= 4 is 23.1 Å². The molecule has 200 valence electrons. The van der Waals surface area contributed by atoms with E-state index in [-0.39, 0.29) is 23.1 Å². The fraction of sp³-hybridized carbons (Fsp3) is 0.308. The van der Waals surface area contributed by atoms with Crippen molar-refractivity contribution in [1.29, 1.82) is 0 Å². The molecule has 10 nitrogen and oxygen atoms in total. The van der Waals surface area contributed by atoms with Gasteiger partial charge in [-0.1, -0.05) is 6.07 Å². The highest BCUT2D eigenvalue weighted by Gasteiger charge is 2.55. The second-order valence-corrected chi connectivity index (χ2v) is 10.2. The maximum atomic E-state index is 13.2. The van der Waals surface area contributed by atoms with Crippen LogP contribution >= 0.6 is 0 Å². The number of aromatic nitrogens is 5. The summed E-state index contributed by atoms with van der Waals surface area (Å²) in [4.78, 5) is 40.7. The zero-order valence-electron chi connectivity index (χ0n) is 20.8. The molecule has 6 rings (SSSR count). The van der Waals surface area contributed by atoms with Crippen molar-refractivity contribution in [3.05, 3.63) is 72.8 Å². The molecule has 4 aromatic heterocycles. The molecule has 1 spiro atoms. The molecular formula is C26H23F3N8O2. The summed E-state index contributed by atoms with van der Waals surface area (Å²) in [6, 6.07) is 4.03. The molecule has 0 unspecified atom stereocenters. The van der Waals surface area contributed by atoms with E-state index in [0.717, 1.165) is 17.2 Å². The molecule has 3 amide bonds. The Morgan fingerprint density at radius 2 is 1.77 bits per heavy atom. The van der Waals surface area contributed by atoms with E-state index in [1.807, 2.05) is 18.3 Å². The topological polar surface area (TPSA) is 109 Å². The minimum absolute atomic E-state index is 0.0197. The Hall–Kier alpha value is -4.55. The maximum absolute atomic E-state index is 13.2. The summed E-state index contributed by atoms with van der Waals surface area (Å²) in [6.07, 6.45) is 7.03. The third-order valence-electron chi connectivity index (χ3n) is 7.50. The van der Waals surface area contributed by atoms with Crippen LogP contribution in [-0.2, 0) is 6.18 Å². The largest absolute Gasteiger partial charge is 0.417 e. The van der Waals surface area contributed by atoms with Crippen molar-refractivity contribution in [3.63, 3.8) is 0 Å². The lowest BCUT2D eigenvalue weighted by Gasteiger charge is -2.60. The molecule has 0 bridgehead atoms. The van der Waals surface area contributed by atoms with E-state index in [4.69, 9.17) is 0 Å². The van der Waals surface area contributed by atoms with Crippen LogP contribution in [0.4, 0.5) is 23.7 Å². The van der Waals surface area contributed by atoms with Crippen LogP contribution in [0.15, 0.2) is 61.7 Å². The number of rotatable bonds is 4. The van der Waals surface area contributed by atoms with Gasteiger partial charge in [-0.2, -0.15) is 18.3 Å². The van der Waals surface area contributed by atoms with Gasteiger partial charge in [0.15, 0.2) is 0 Å². The third kappa shape index (κ3) is 4.53. The zero-order chi connectivity index (χ0) is 27.4. The van der Waals surface area contributed by atoms with E-state index in [2.05, 4.69) is 25.4 Å². The number of fused-ring (bicyclic) bond motifs is 1. The Morgan fingerprint density at radius 1 is 1.03 bits per heavy atom. The number of nitrogens with zero attached hydrogens (tertiary/aromatic N) is 7. The molecule has 5 heterocycles. The number of halogens is 3. The van der Waals surface area contributed by atoms with Crippen molar-refractivity contribution < 1.29 is 22.8 Å². The van der Waals surface area contributed by atoms with Gasteiger partial charge < -0.3 is 15.1 Å². The lowest BCUT2D eigenvalue weighted by atomic mass is 9.60. The van der Waals surface area contributed by atoms with Gasteiger partial charge in [-0.05, 0) is 25.0 Å². The Balaban J connectivity index is 1.04. The molecule has 39 heavy (non-hydrogen) atoms. The minimum Gasteiger partial charge on any atom is -0.337 e. The van der Waals surface area contributed by atoms with Gasteiger partial charge in [-0.3, -0.25) is 9.78 Å². The number of pyridine rings is 2. The Morgan fingerprint density at radius 3 is 2.49 bits per heavy atom. The minimum atomic E-state index is -4.54. The van der Waals surface area contributed by atoms with Gasteiger partial charge in [0, 0.05) is 67.5 Å². The summed E-state index contributed by atoms with van der Waals surface area (Å²) in [7, 11) is 1.62. The Kier molecular flexibility index (Phi) is 5.74. The van der Waals surface area contributed by atoms with Gasteiger partial charge in [0.2, 0.25) is 0 Å². The fourth-order valence-corrected chi connectivity index (χ4v) is 5.36. The fourth-order valence-electron chi connectivity index (χ4n) is 5.36. The van der Waals surface area contributed by atoms with Gasteiger partial charge >= 0.3 is 12.2 Å². The number of alkyl halides is 3. The number of anilines is 1. The first-order valence-corrected chi connectivity index (χ1v) is 12.2. The van der Waals surface area contributed by atoms with E-state index in [1.54, 1.807) is 35.1 Å².